The number of nitrogens with zero attached hydrogens (tertiary/aromatic N) is 1. The number of aromatic nitrogens is 2. The molecule has 4 N–H and O–H groups in total. The van der Waals surface area contributed by atoms with Crippen LogP contribution >= 0.6 is 0 Å². The third-order valence-corrected chi connectivity index (χ3v) is 3.97. The van der Waals surface area contributed by atoms with Gasteiger partial charge in [0.25, 0.3) is 17.4 Å². The van der Waals surface area contributed by atoms with Gasteiger partial charge in [-0.3, -0.25) is 19.2 Å². The molecular formula is C18H19N5O4. The number of carbonyl (C=O) groups is 3. The van der Waals surface area contributed by atoms with E-state index < -0.39 is 11.5 Å². The van der Waals surface area contributed by atoms with Crippen molar-refractivity contribution >= 4 is 23.4 Å². The van der Waals surface area contributed by atoms with E-state index in [-0.39, 0.29) is 36.5 Å². The zero-order valence-electron chi connectivity index (χ0n) is 14.5. The first-order valence-corrected chi connectivity index (χ1v) is 8.55. The third kappa shape index (κ3) is 5.24. The molecule has 2 aromatic rings. The van der Waals surface area contributed by atoms with E-state index in [0.717, 1.165) is 25.2 Å². The summed E-state index contributed by atoms with van der Waals surface area (Å²) in [6.45, 7) is 0.405. The van der Waals surface area contributed by atoms with E-state index in [2.05, 4.69) is 25.9 Å². The Balaban J connectivity index is 1.41. The summed E-state index contributed by atoms with van der Waals surface area (Å²) in [5.41, 5.74) is 0.692. The van der Waals surface area contributed by atoms with E-state index in [1.807, 2.05) is 0 Å². The van der Waals surface area contributed by atoms with Gasteiger partial charge in [0.2, 0.25) is 5.91 Å². The number of nitrogens with one attached hydrogen (secondary N) is 4. The van der Waals surface area contributed by atoms with Crippen LogP contribution in [0.3, 0.4) is 0 Å². The van der Waals surface area contributed by atoms with E-state index in [1.54, 1.807) is 24.3 Å². The van der Waals surface area contributed by atoms with Crippen LogP contribution in [-0.2, 0) is 4.79 Å². The number of benzene rings is 1. The highest BCUT2D eigenvalue weighted by molar-refractivity contribution is 5.97. The highest BCUT2D eigenvalue weighted by atomic mass is 16.2. The van der Waals surface area contributed by atoms with Gasteiger partial charge in [-0.1, -0.05) is 0 Å². The molecule has 1 aliphatic carbocycles. The number of anilines is 1. The van der Waals surface area contributed by atoms with Crippen LogP contribution in [0.1, 0.15) is 33.7 Å². The average molecular weight is 369 g/mol. The fourth-order valence-electron chi connectivity index (χ4n) is 2.33. The van der Waals surface area contributed by atoms with E-state index in [4.69, 9.17) is 0 Å². The summed E-state index contributed by atoms with van der Waals surface area (Å²) in [4.78, 5) is 52.8. The lowest BCUT2D eigenvalue weighted by Crippen LogP contribution is -2.35. The predicted octanol–water partition coefficient (Wildman–Crippen LogP) is 0.278. The van der Waals surface area contributed by atoms with Gasteiger partial charge < -0.3 is 20.9 Å². The van der Waals surface area contributed by atoms with Gasteiger partial charge in [0.15, 0.2) is 0 Å². The van der Waals surface area contributed by atoms with Crippen LogP contribution in [0.5, 0.6) is 0 Å². The van der Waals surface area contributed by atoms with Crippen LogP contribution in [0.15, 0.2) is 41.5 Å². The molecule has 1 aromatic heterocycles. The molecule has 140 valence electrons. The normalized spacial score (nSPS) is 12.9. The molecule has 1 aliphatic rings. The topological polar surface area (TPSA) is 133 Å². The van der Waals surface area contributed by atoms with Crippen molar-refractivity contribution in [1.29, 1.82) is 0 Å². The number of aromatic amines is 1. The van der Waals surface area contributed by atoms with Gasteiger partial charge in [-0.2, -0.15) is 0 Å². The van der Waals surface area contributed by atoms with Crippen LogP contribution in [-0.4, -0.2) is 40.8 Å². The van der Waals surface area contributed by atoms with Crippen molar-refractivity contribution in [3.8, 4) is 0 Å². The van der Waals surface area contributed by atoms with Crippen molar-refractivity contribution in [1.82, 2.24) is 20.6 Å². The number of rotatable bonds is 7. The van der Waals surface area contributed by atoms with Gasteiger partial charge in [0.1, 0.15) is 5.69 Å². The largest absolute Gasteiger partial charge is 0.350 e. The van der Waals surface area contributed by atoms with Crippen molar-refractivity contribution in [3.63, 3.8) is 0 Å². The number of carbonyl (C=O) groups excluding carboxylic acids is 3. The first-order chi connectivity index (χ1) is 13.0. The summed E-state index contributed by atoms with van der Waals surface area (Å²) in [6.07, 6.45) is 3.01. The fourth-order valence-corrected chi connectivity index (χ4v) is 2.33. The zero-order valence-corrected chi connectivity index (χ0v) is 14.5. The van der Waals surface area contributed by atoms with Gasteiger partial charge in [-0.25, -0.2) is 4.98 Å². The maximum absolute atomic E-state index is 12.1. The van der Waals surface area contributed by atoms with Crippen LogP contribution in [0.2, 0.25) is 0 Å². The zero-order chi connectivity index (χ0) is 19.2. The summed E-state index contributed by atoms with van der Waals surface area (Å²) >= 11 is 0. The molecule has 0 bridgehead atoms. The maximum Gasteiger partial charge on any atom is 0.270 e. The highest BCUT2D eigenvalue weighted by Crippen LogP contribution is 2.30. The van der Waals surface area contributed by atoms with Crippen molar-refractivity contribution in [2.45, 2.75) is 12.8 Å². The van der Waals surface area contributed by atoms with E-state index >= 15 is 0 Å². The molecular weight excluding hydrogens is 350 g/mol. The quantitative estimate of drug-likeness (QED) is 0.520. The minimum atomic E-state index is -0.494. The van der Waals surface area contributed by atoms with Crippen molar-refractivity contribution in [3.05, 3.63) is 58.3 Å². The van der Waals surface area contributed by atoms with Crippen molar-refractivity contribution < 1.29 is 14.4 Å². The Morgan fingerprint density at radius 1 is 1.04 bits per heavy atom. The molecule has 0 spiro atoms. The van der Waals surface area contributed by atoms with Crippen LogP contribution in [0.4, 0.5) is 5.69 Å². The molecule has 1 heterocycles. The summed E-state index contributed by atoms with van der Waals surface area (Å²) in [5, 5.41) is 8.05. The van der Waals surface area contributed by atoms with Crippen LogP contribution < -0.4 is 21.5 Å². The second-order valence-corrected chi connectivity index (χ2v) is 6.15. The number of hydrogen-bond acceptors (Lipinski definition) is 5. The van der Waals surface area contributed by atoms with E-state index in [1.165, 1.54) is 0 Å². The molecule has 1 saturated carbocycles. The SMILES string of the molecule is O=C(NCCNC(=O)c1cc(=O)[nH]cn1)c1ccc(NC(=O)C2CC2)cc1. The Morgan fingerprint density at radius 2 is 1.70 bits per heavy atom. The predicted molar refractivity (Wildman–Crippen MR) is 97.3 cm³/mol. The standard InChI is InChI=1S/C18H19N5O4/c24-15-9-14(21-10-22-15)18(27)20-8-7-19-16(25)11-3-5-13(6-4-11)23-17(26)12-1-2-12/h3-6,9-10,12H,1-2,7-8H2,(H,19,25)(H,20,27)(H,23,26)(H,21,22,24). The lowest BCUT2D eigenvalue weighted by Gasteiger charge is -2.08. The lowest BCUT2D eigenvalue weighted by molar-refractivity contribution is -0.117. The third-order valence-electron chi connectivity index (χ3n) is 3.97. The minimum absolute atomic E-state index is 0.00825. The minimum Gasteiger partial charge on any atom is -0.350 e. The summed E-state index contributed by atoms with van der Waals surface area (Å²) < 4.78 is 0. The van der Waals surface area contributed by atoms with Gasteiger partial charge >= 0.3 is 0 Å². The first kappa shape index (κ1) is 18.3. The molecule has 9 nitrogen and oxygen atoms in total. The molecule has 3 rings (SSSR count). The molecule has 0 saturated heterocycles. The van der Waals surface area contributed by atoms with Gasteiger partial charge in [0, 0.05) is 36.3 Å². The Morgan fingerprint density at radius 3 is 2.33 bits per heavy atom. The number of H-pyrrole nitrogens is 1. The van der Waals surface area contributed by atoms with E-state index in [9.17, 15) is 19.2 Å². The maximum atomic E-state index is 12.1. The van der Waals surface area contributed by atoms with E-state index in [0.29, 0.717) is 11.3 Å². The smallest absolute Gasteiger partial charge is 0.270 e. The lowest BCUT2D eigenvalue weighted by atomic mass is 10.2. The Labute approximate surface area is 154 Å². The molecule has 0 radical (unpaired) electrons. The number of amides is 3. The molecule has 0 aliphatic heterocycles. The molecule has 0 atom stereocenters. The molecule has 27 heavy (non-hydrogen) atoms. The van der Waals surface area contributed by atoms with Crippen molar-refractivity contribution in [2.24, 2.45) is 5.92 Å². The first-order valence-electron chi connectivity index (χ1n) is 8.55. The average Bonchev–Trinajstić information content (AvgIpc) is 3.51. The van der Waals surface area contributed by atoms with Gasteiger partial charge in [0.05, 0.1) is 6.33 Å². The molecule has 1 fully saturated rings. The molecule has 9 heteroatoms. The van der Waals surface area contributed by atoms with Gasteiger partial charge in [-0.15, -0.1) is 0 Å². The molecule has 3 amide bonds. The second-order valence-electron chi connectivity index (χ2n) is 6.15. The summed E-state index contributed by atoms with van der Waals surface area (Å²) in [5.74, 6) is -0.657. The molecule has 0 unspecified atom stereocenters. The Kier molecular flexibility index (Phi) is 5.60. The van der Waals surface area contributed by atoms with Crippen LogP contribution in [0, 0.1) is 5.92 Å². The van der Waals surface area contributed by atoms with Gasteiger partial charge in [-0.05, 0) is 37.1 Å². The number of hydrogen-bond donors (Lipinski definition) is 4. The van der Waals surface area contributed by atoms with Crippen LogP contribution in [0.25, 0.3) is 0 Å². The fraction of sp³-hybridized carbons (Fsp3) is 0.278. The Bertz CT molecular complexity index is 902. The molecule has 1 aromatic carbocycles. The summed E-state index contributed by atoms with van der Waals surface area (Å²) in [6, 6.07) is 7.69. The summed E-state index contributed by atoms with van der Waals surface area (Å²) in [7, 11) is 0. The van der Waals surface area contributed by atoms with Crippen molar-refractivity contribution in [2.75, 3.05) is 18.4 Å². The highest BCUT2D eigenvalue weighted by Gasteiger charge is 2.29. The monoisotopic (exact) mass is 369 g/mol. The second kappa shape index (κ2) is 8.26. The Hall–Kier alpha value is -3.49.